The van der Waals surface area contributed by atoms with Crippen molar-refractivity contribution < 1.29 is 17.9 Å². The van der Waals surface area contributed by atoms with Crippen molar-refractivity contribution in [3.05, 3.63) is 59.2 Å². The lowest BCUT2D eigenvalue weighted by Gasteiger charge is -2.19. The number of hydrogen-bond acceptors (Lipinski definition) is 4. The zero-order valence-corrected chi connectivity index (χ0v) is 16.2. The lowest BCUT2D eigenvalue weighted by molar-refractivity contribution is 0.0935. The van der Waals surface area contributed by atoms with Gasteiger partial charge in [0.1, 0.15) is 5.75 Å². The van der Waals surface area contributed by atoms with Crippen molar-refractivity contribution in [2.24, 2.45) is 0 Å². The Morgan fingerprint density at radius 2 is 1.81 bits per heavy atom. The molecule has 0 aliphatic heterocycles. The van der Waals surface area contributed by atoms with Crippen molar-refractivity contribution in [3.8, 4) is 5.75 Å². The Hall–Kier alpha value is -2.54. The molecule has 2 aromatic carbocycles. The minimum absolute atomic E-state index is 0.124. The highest BCUT2D eigenvalue weighted by atomic mass is 32.2. The first-order chi connectivity index (χ1) is 12.2. The average Bonchev–Trinajstić information content (AvgIpc) is 2.58. The second-order valence-corrected chi connectivity index (χ2v) is 7.86. The molecule has 26 heavy (non-hydrogen) atoms. The summed E-state index contributed by atoms with van der Waals surface area (Å²) in [5.74, 6) is 0.597. The molecule has 2 aromatic rings. The summed E-state index contributed by atoms with van der Waals surface area (Å²) >= 11 is 0. The van der Waals surface area contributed by atoms with Crippen molar-refractivity contribution in [2.75, 3.05) is 18.1 Å². The maximum absolute atomic E-state index is 12.5. The van der Waals surface area contributed by atoms with Gasteiger partial charge in [0.05, 0.1) is 19.4 Å². The molecular weight excluding hydrogens is 352 g/mol. The van der Waals surface area contributed by atoms with Crippen molar-refractivity contribution >= 4 is 21.6 Å². The van der Waals surface area contributed by atoms with Crippen LogP contribution in [0.2, 0.25) is 0 Å². The zero-order valence-electron chi connectivity index (χ0n) is 15.4. The van der Waals surface area contributed by atoms with Gasteiger partial charge in [-0.3, -0.25) is 9.52 Å². The molecule has 0 unspecified atom stereocenters. The van der Waals surface area contributed by atoms with E-state index >= 15 is 0 Å². The van der Waals surface area contributed by atoms with Crippen LogP contribution in [-0.2, 0) is 10.0 Å². The highest BCUT2D eigenvalue weighted by molar-refractivity contribution is 7.92. The Bertz CT molecular complexity index is 877. The highest BCUT2D eigenvalue weighted by Crippen LogP contribution is 2.24. The number of amides is 1. The van der Waals surface area contributed by atoms with Crippen LogP contribution in [0.15, 0.2) is 42.5 Å². The van der Waals surface area contributed by atoms with Gasteiger partial charge in [-0.2, -0.15) is 0 Å². The number of sulfonamides is 1. The Kier molecular flexibility index (Phi) is 6.26. The summed E-state index contributed by atoms with van der Waals surface area (Å²) in [7, 11) is -1.71. The highest BCUT2D eigenvalue weighted by Gasteiger charge is 2.15. The van der Waals surface area contributed by atoms with Crippen LogP contribution in [0.4, 0.5) is 5.69 Å². The first-order valence-corrected chi connectivity index (χ1v) is 10.2. The molecule has 0 spiro atoms. The second kappa shape index (κ2) is 8.23. The SMILES string of the molecule is CC[C@H](NC(=O)c1ccc(NS(C)(=O)=O)cc1)c1ccc(OC)c(C)c1. The molecule has 2 rings (SSSR count). The molecule has 0 aromatic heterocycles. The molecule has 0 saturated carbocycles. The van der Waals surface area contributed by atoms with Gasteiger partial charge >= 0.3 is 0 Å². The van der Waals surface area contributed by atoms with Crippen molar-refractivity contribution in [1.29, 1.82) is 0 Å². The van der Waals surface area contributed by atoms with Crippen LogP contribution in [0.25, 0.3) is 0 Å². The van der Waals surface area contributed by atoms with E-state index in [2.05, 4.69) is 10.0 Å². The largest absolute Gasteiger partial charge is 0.496 e. The monoisotopic (exact) mass is 376 g/mol. The minimum atomic E-state index is -3.34. The van der Waals surface area contributed by atoms with Gasteiger partial charge in [-0.1, -0.05) is 19.1 Å². The standard InChI is InChI=1S/C19H24N2O4S/c1-5-17(15-8-11-18(25-3)13(2)12-15)20-19(22)14-6-9-16(10-7-14)21-26(4,23)24/h6-12,17,21H,5H2,1-4H3,(H,20,22)/t17-/m0/s1. The third-order valence-electron chi connectivity index (χ3n) is 3.99. The molecule has 0 fully saturated rings. The third kappa shape index (κ3) is 5.23. The molecule has 2 N–H and O–H groups in total. The lowest BCUT2D eigenvalue weighted by Crippen LogP contribution is -2.28. The average molecular weight is 376 g/mol. The Labute approximate surface area is 154 Å². The summed E-state index contributed by atoms with van der Waals surface area (Å²) in [6.07, 6.45) is 1.82. The van der Waals surface area contributed by atoms with Gasteiger partial charge in [0, 0.05) is 11.3 Å². The van der Waals surface area contributed by atoms with Gasteiger partial charge in [0.25, 0.3) is 5.91 Å². The molecule has 6 nitrogen and oxygen atoms in total. The van der Waals surface area contributed by atoms with Crippen molar-refractivity contribution in [3.63, 3.8) is 0 Å². The van der Waals surface area contributed by atoms with E-state index < -0.39 is 10.0 Å². The maximum Gasteiger partial charge on any atom is 0.251 e. The lowest BCUT2D eigenvalue weighted by atomic mass is 10.0. The molecule has 1 amide bonds. The molecule has 0 bridgehead atoms. The number of ether oxygens (including phenoxy) is 1. The van der Waals surface area contributed by atoms with E-state index in [1.54, 1.807) is 31.4 Å². The van der Waals surface area contributed by atoms with Gasteiger partial charge in [-0.15, -0.1) is 0 Å². The van der Waals surface area contributed by atoms with Gasteiger partial charge in [-0.05, 0) is 54.8 Å². The van der Waals surface area contributed by atoms with E-state index in [0.29, 0.717) is 11.3 Å². The number of benzene rings is 2. The number of carbonyl (C=O) groups excluding carboxylic acids is 1. The number of anilines is 1. The van der Waals surface area contributed by atoms with Crippen LogP contribution in [0.5, 0.6) is 5.75 Å². The summed E-state index contributed by atoms with van der Waals surface area (Å²) in [4.78, 5) is 12.5. The number of carbonyl (C=O) groups is 1. The predicted octanol–water partition coefficient (Wildman–Crippen LogP) is 3.26. The molecule has 0 saturated heterocycles. The van der Waals surface area contributed by atoms with E-state index in [-0.39, 0.29) is 11.9 Å². The van der Waals surface area contributed by atoms with Crippen LogP contribution < -0.4 is 14.8 Å². The molecule has 0 heterocycles. The van der Waals surface area contributed by atoms with Crippen LogP contribution in [0.1, 0.15) is 40.9 Å². The van der Waals surface area contributed by atoms with Gasteiger partial charge in [-0.25, -0.2) is 8.42 Å². The normalized spacial score (nSPS) is 12.3. The van der Waals surface area contributed by atoms with Crippen LogP contribution in [0, 0.1) is 6.92 Å². The summed E-state index contributed by atoms with van der Waals surface area (Å²) < 4.78 is 30.1. The number of nitrogens with one attached hydrogen (secondary N) is 2. The quantitative estimate of drug-likeness (QED) is 0.777. The number of aryl methyl sites for hydroxylation is 1. The fourth-order valence-corrected chi connectivity index (χ4v) is 3.25. The zero-order chi connectivity index (χ0) is 19.3. The number of rotatable bonds is 7. The number of hydrogen-bond donors (Lipinski definition) is 2. The van der Waals surface area contributed by atoms with Gasteiger partial charge < -0.3 is 10.1 Å². The summed E-state index contributed by atoms with van der Waals surface area (Å²) in [5.41, 5.74) is 2.90. The van der Waals surface area contributed by atoms with Gasteiger partial charge in [0.15, 0.2) is 0 Å². The smallest absolute Gasteiger partial charge is 0.251 e. The van der Waals surface area contributed by atoms with Crippen molar-refractivity contribution in [1.82, 2.24) is 5.32 Å². The van der Waals surface area contributed by atoms with Gasteiger partial charge in [0.2, 0.25) is 10.0 Å². The van der Waals surface area contributed by atoms with Crippen LogP contribution in [-0.4, -0.2) is 27.7 Å². The Balaban J connectivity index is 2.12. The molecule has 0 aliphatic carbocycles. The minimum Gasteiger partial charge on any atom is -0.496 e. The summed E-state index contributed by atoms with van der Waals surface area (Å²) in [6, 6.07) is 12.0. The first kappa shape index (κ1) is 19.8. The molecule has 0 radical (unpaired) electrons. The Morgan fingerprint density at radius 1 is 1.15 bits per heavy atom. The predicted molar refractivity (Wildman–Crippen MR) is 103 cm³/mol. The summed E-state index contributed by atoms with van der Waals surface area (Å²) in [5, 5.41) is 3.01. The first-order valence-electron chi connectivity index (χ1n) is 8.26. The third-order valence-corrected chi connectivity index (χ3v) is 4.59. The topological polar surface area (TPSA) is 84.5 Å². The van der Waals surface area contributed by atoms with E-state index in [1.807, 2.05) is 32.0 Å². The van der Waals surface area contributed by atoms with E-state index in [1.165, 1.54) is 0 Å². The molecule has 7 heteroatoms. The van der Waals surface area contributed by atoms with Crippen LogP contribution >= 0.6 is 0 Å². The van der Waals surface area contributed by atoms with Crippen LogP contribution in [0.3, 0.4) is 0 Å². The van der Waals surface area contributed by atoms with Crippen molar-refractivity contribution in [2.45, 2.75) is 26.3 Å². The molecule has 1 atom stereocenters. The van der Waals surface area contributed by atoms with E-state index in [4.69, 9.17) is 4.74 Å². The Morgan fingerprint density at radius 3 is 2.31 bits per heavy atom. The van der Waals surface area contributed by atoms with E-state index in [9.17, 15) is 13.2 Å². The summed E-state index contributed by atoms with van der Waals surface area (Å²) in [6.45, 7) is 3.97. The fourth-order valence-electron chi connectivity index (χ4n) is 2.68. The van der Waals surface area contributed by atoms with E-state index in [0.717, 1.165) is 29.6 Å². The number of methoxy groups -OCH3 is 1. The molecular formula is C19H24N2O4S. The molecule has 140 valence electrons. The maximum atomic E-state index is 12.5. The molecule has 0 aliphatic rings. The second-order valence-electron chi connectivity index (χ2n) is 6.11. The fraction of sp³-hybridized carbons (Fsp3) is 0.316.